The molecule has 5 heteroatoms. The van der Waals surface area contributed by atoms with Crippen LogP contribution in [0, 0.1) is 0 Å². The van der Waals surface area contributed by atoms with Crippen LogP contribution in [-0.2, 0) is 19.0 Å². The Morgan fingerprint density at radius 3 is 2.04 bits per heavy atom. The first kappa shape index (κ1) is 23.4. The zero-order valence-electron chi connectivity index (χ0n) is 15.9. The number of unbranched alkanes of at least 4 members (excludes halogenated alkanes) is 6. The molecule has 24 heavy (non-hydrogen) atoms. The van der Waals surface area contributed by atoms with E-state index in [1.807, 2.05) is 6.92 Å². The molecule has 0 aromatic heterocycles. The van der Waals surface area contributed by atoms with Gasteiger partial charge in [-0.2, -0.15) is 0 Å². The summed E-state index contributed by atoms with van der Waals surface area (Å²) in [6.07, 6.45) is 9.81. The highest BCUT2D eigenvalue weighted by Crippen LogP contribution is 2.07. The van der Waals surface area contributed by atoms with E-state index in [0.717, 1.165) is 51.9 Å². The Hall–Kier alpha value is -0.650. The van der Waals surface area contributed by atoms with Crippen LogP contribution in [0.3, 0.4) is 0 Å². The topological polar surface area (TPSA) is 56.8 Å². The van der Waals surface area contributed by atoms with Crippen molar-refractivity contribution in [2.24, 2.45) is 0 Å². The van der Waals surface area contributed by atoms with Crippen LogP contribution in [-0.4, -0.2) is 52.1 Å². The molecule has 0 spiro atoms. The van der Waals surface area contributed by atoms with Crippen molar-refractivity contribution in [1.82, 2.24) is 5.32 Å². The quantitative estimate of drug-likeness (QED) is 0.363. The minimum absolute atomic E-state index is 0.133. The number of carbonyl (C=O) groups is 1. The highest BCUT2D eigenvalue weighted by atomic mass is 16.5. The lowest BCUT2D eigenvalue weighted by Gasteiger charge is -2.07. The fraction of sp³-hybridized carbons (Fsp3) is 0.947. The summed E-state index contributed by atoms with van der Waals surface area (Å²) in [4.78, 5) is 11.6. The first-order valence-electron chi connectivity index (χ1n) is 9.81. The van der Waals surface area contributed by atoms with Crippen molar-refractivity contribution in [2.45, 2.75) is 71.6 Å². The van der Waals surface area contributed by atoms with Gasteiger partial charge in [0.05, 0.1) is 19.8 Å². The molecule has 1 amide bonds. The second-order valence-corrected chi connectivity index (χ2v) is 6.00. The van der Waals surface area contributed by atoms with Crippen LogP contribution < -0.4 is 5.32 Å². The van der Waals surface area contributed by atoms with Crippen LogP contribution in [0.15, 0.2) is 0 Å². The number of ether oxygens (including phenoxy) is 3. The van der Waals surface area contributed by atoms with Crippen molar-refractivity contribution >= 4 is 5.91 Å². The number of carbonyl (C=O) groups excluding carboxylic acids is 1. The molecule has 0 radical (unpaired) electrons. The molecule has 0 aliphatic rings. The van der Waals surface area contributed by atoms with Gasteiger partial charge in [-0.3, -0.25) is 4.79 Å². The maximum Gasteiger partial charge on any atom is 0.220 e. The van der Waals surface area contributed by atoms with Crippen molar-refractivity contribution in [3.63, 3.8) is 0 Å². The molecule has 1 N–H and O–H groups in total. The summed E-state index contributed by atoms with van der Waals surface area (Å²) < 4.78 is 16.1. The Labute approximate surface area is 148 Å². The molecule has 0 saturated carbocycles. The van der Waals surface area contributed by atoms with E-state index in [2.05, 4.69) is 12.2 Å². The fourth-order valence-corrected chi connectivity index (χ4v) is 2.26. The second kappa shape index (κ2) is 20.4. The molecule has 0 bridgehead atoms. The molecular formula is C19H39NO4. The average molecular weight is 346 g/mol. The normalized spacial score (nSPS) is 10.9. The number of hydrogen-bond donors (Lipinski definition) is 1. The number of hydrogen-bond acceptors (Lipinski definition) is 4. The predicted octanol–water partition coefficient (Wildman–Crippen LogP) is 3.70. The number of nitrogens with one attached hydrogen (secondary N) is 1. The lowest BCUT2D eigenvalue weighted by Crippen LogP contribution is -2.27. The molecule has 0 heterocycles. The minimum Gasteiger partial charge on any atom is -0.382 e. The zero-order chi connectivity index (χ0) is 17.7. The van der Waals surface area contributed by atoms with Gasteiger partial charge in [-0.1, -0.05) is 39.0 Å². The molecule has 0 rings (SSSR count). The van der Waals surface area contributed by atoms with E-state index in [1.54, 1.807) is 0 Å². The van der Waals surface area contributed by atoms with Crippen LogP contribution >= 0.6 is 0 Å². The van der Waals surface area contributed by atoms with Gasteiger partial charge in [-0.05, 0) is 26.2 Å². The summed E-state index contributed by atoms with van der Waals surface area (Å²) in [6, 6.07) is 0. The van der Waals surface area contributed by atoms with E-state index in [4.69, 9.17) is 14.2 Å². The highest BCUT2D eigenvalue weighted by Gasteiger charge is 2.00. The van der Waals surface area contributed by atoms with Gasteiger partial charge in [0.1, 0.15) is 0 Å². The van der Waals surface area contributed by atoms with Crippen LogP contribution in [0.1, 0.15) is 71.6 Å². The summed E-state index contributed by atoms with van der Waals surface area (Å²) in [5.74, 6) is 0.133. The summed E-state index contributed by atoms with van der Waals surface area (Å²) in [5.41, 5.74) is 0. The largest absolute Gasteiger partial charge is 0.382 e. The molecule has 0 aromatic carbocycles. The van der Waals surface area contributed by atoms with E-state index in [-0.39, 0.29) is 5.91 Å². The summed E-state index contributed by atoms with van der Waals surface area (Å²) in [5, 5.41) is 2.90. The third-order valence-electron chi connectivity index (χ3n) is 3.73. The molecule has 0 unspecified atom stereocenters. The smallest absolute Gasteiger partial charge is 0.220 e. The van der Waals surface area contributed by atoms with Gasteiger partial charge < -0.3 is 19.5 Å². The molecule has 0 fully saturated rings. The SMILES string of the molecule is CCCCOCCOCCNC(=O)CCCCCCCCOCC. The van der Waals surface area contributed by atoms with Crippen molar-refractivity contribution < 1.29 is 19.0 Å². The molecule has 0 aliphatic heterocycles. The fourth-order valence-electron chi connectivity index (χ4n) is 2.26. The Bertz CT molecular complexity index is 238. The van der Waals surface area contributed by atoms with Crippen molar-refractivity contribution in [3.05, 3.63) is 0 Å². The van der Waals surface area contributed by atoms with E-state index in [0.29, 0.717) is 32.8 Å². The monoisotopic (exact) mass is 345 g/mol. The Kier molecular flexibility index (Phi) is 19.8. The predicted molar refractivity (Wildman–Crippen MR) is 98.4 cm³/mol. The highest BCUT2D eigenvalue weighted by molar-refractivity contribution is 5.75. The Morgan fingerprint density at radius 2 is 1.33 bits per heavy atom. The first-order valence-corrected chi connectivity index (χ1v) is 9.81. The van der Waals surface area contributed by atoms with Gasteiger partial charge >= 0.3 is 0 Å². The van der Waals surface area contributed by atoms with Gasteiger partial charge in [-0.25, -0.2) is 0 Å². The van der Waals surface area contributed by atoms with Crippen LogP contribution in [0.4, 0.5) is 0 Å². The molecule has 0 saturated heterocycles. The van der Waals surface area contributed by atoms with Gasteiger partial charge in [-0.15, -0.1) is 0 Å². The third-order valence-corrected chi connectivity index (χ3v) is 3.73. The van der Waals surface area contributed by atoms with E-state index < -0.39 is 0 Å². The first-order chi connectivity index (χ1) is 11.8. The average Bonchev–Trinajstić information content (AvgIpc) is 2.59. The van der Waals surface area contributed by atoms with Crippen molar-refractivity contribution in [3.8, 4) is 0 Å². The van der Waals surface area contributed by atoms with Crippen molar-refractivity contribution in [2.75, 3.05) is 46.2 Å². The van der Waals surface area contributed by atoms with Gasteiger partial charge in [0.15, 0.2) is 0 Å². The summed E-state index contributed by atoms with van der Waals surface area (Å²) in [6.45, 7) is 9.06. The van der Waals surface area contributed by atoms with Gasteiger partial charge in [0, 0.05) is 32.8 Å². The molecule has 0 atom stereocenters. The van der Waals surface area contributed by atoms with E-state index in [1.165, 1.54) is 19.3 Å². The van der Waals surface area contributed by atoms with Crippen LogP contribution in [0.25, 0.3) is 0 Å². The maximum absolute atomic E-state index is 11.6. The van der Waals surface area contributed by atoms with E-state index in [9.17, 15) is 4.79 Å². The number of amides is 1. The van der Waals surface area contributed by atoms with Crippen LogP contribution in [0.2, 0.25) is 0 Å². The standard InChI is InChI=1S/C19H39NO4/c1-3-5-14-23-17-18-24-16-13-20-19(21)12-10-8-6-7-9-11-15-22-4-2/h3-18H2,1-2H3,(H,20,21). The Balaban J connectivity index is 3.13. The van der Waals surface area contributed by atoms with Crippen LogP contribution in [0.5, 0.6) is 0 Å². The molecule has 0 aromatic rings. The van der Waals surface area contributed by atoms with Crippen molar-refractivity contribution in [1.29, 1.82) is 0 Å². The molecular weight excluding hydrogens is 306 g/mol. The summed E-state index contributed by atoms with van der Waals surface area (Å²) in [7, 11) is 0. The Morgan fingerprint density at radius 1 is 0.708 bits per heavy atom. The van der Waals surface area contributed by atoms with Gasteiger partial charge in [0.25, 0.3) is 0 Å². The zero-order valence-corrected chi connectivity index (χ0v) is 15.9. The molecule has 5 nitrogen and oxygen atoms in total. The maximum atomic E-state index is 11.6. The minimum atomic E-state index is 0.133. The lowest BCUT2D eigenvalue weighted by molar-refractivity contribution is -0.121. The van der Waals surface area contributed by atoms with Gasteiger partial charge in [0.2, 0.25) is 5.91 Å². The number of rotatable bonds is 19. The molecule has 144 valence electrons. The summed E-state index contributed by atoms with van der Waals surface area (Å²) >= 11 is 0. The van der Waals surface area contributed by atoms with E-state index >= 15 is 0 Å². The molecule has 0 aliphatic carbocycles. The third kappa shape index (κ3) is 19.4. The lowest BCUT2D eigenvalue weighted by atomic mass is 10.1. The second-order valence-electron chi connectivity index (χ2n) is 6.00.